The van der Waals surface area contributed by atoms with Crippen LogP contribution in [0.2, 0.25) is 0 Å². The van der Waals surface area contributed by atoms with Crippen molar-refractivity contribution in [1.29, 1.82) is 0 Å². The van der Waals surface area contributed by atoms with Crippen molar-refractivity contribution in [2.24, 2.45) is 0 Å². The molecule has 0 unspecified atom stereocenters. The standard InChI is InChI=1S/C4H11NO4S.Na.H/c1-2-9-5-3-4-10(6,7)8;;/h5H,2-4H2,1H3,(H,6,7,8);;/q;+1;-1. The van der Waals surface area contributed by atoms with Crippen LogP contribution in [0.5, 0.6) is 0 Å². The van der Waals surface area contributed by atoms with Crippen LogP contribution < -0.4 is 35.0 Å². The molecule has 0 rings (SSSR count). The minimum absolute atomic E-state index is 0. The van der Waals surface area contributed by atoms with Crippen LogP contribution in [-0.2, 0) is 15.0 Å². The normalized spacial score (nSPS) is 10.7. The van der Waals surface area contributed by atoms with Crippen LogP contribution in [0, 0.1) is 0 Å². The zero-order valence-electron chi connectivity index (χ0n) is 7.70. The average Bonchev–Trinajstić information content (AvgIpc) is 1.78. The van der Waals surface area contributed by atoms with Crippen molar-refractivity contribution in [3.63, 3.8) is 0 Å². The molecule has 0 bridgehead atoms. The molecule has 64 valence electrons. The van der Waals surface area contributed by atoms with Gasteiger partial charge >= 0.3 is 29.6 Å². The van der Waals surface area contributed by atoms with E-state index in [-0.39, 0.29) is 43.3 Å². The van der Waals surface area contributed by atoms with E-state index < -0.39 is 10.1 Å². The van der Waals surface area contributed by atoms with E-state index in [4.69, 9.17) is 4.55 Å². The second-order valence-corrected chi connectivity index (χ2v) is 3.19. The van der Waals surface area contributed by atoms with Crippen molar-refractivity contribution in [2.45, 2.75) is 6.92 Å². The van der Waals surface area contributed by atoms with E-state index in [1.165, 1.54) is 0 Å². The van der Waals surface area contributed by atoms with Gasteiger partial charge in [-0.15, -0.1) is 0 Å². The van der Waals surface area contributed by atoms with Gasteiger partial charge in [-0.05, 0) is 6.92 Å². The molecule has 0 aromatic rings. The zero-order valence-corrected chi connectivity index (χ0v) is 9.52. The summed E-state index contributed by atoms with van der Waals surface area (Å²) in [5, 5.41) is 0. The predicted molar refractivity (Wildman–Crippen MR) is 37.2 cm³/mol. The third-order valence-corrected chi connectivity index (χ3v) is 1.43. The maximum atomic E-state index is 10.1. The molecule has 2 N–H and O–H groups in total. The van der Waals surface area contributed by atoms with Crippen molar-refractivity contribution >= 4 is 10.1 Å². The number of hydrogen-bond acceptors (Lipinski definition) is 4. The molecule has 0 amide bonds. The first-order chi connectivity index (χ1) is 4.56. The first kappa shape index (κ1) is 14.4. The second kappa shape index (κ2) is 7.48. The van der Waals surface area contributed by atoms with Gasteiger partial charge in [-0.3, -0.25) is 4.55 Å². The maximum absolute atomic E-state index is 10.1. The predicted octanol–water partition coefficient (Wildman–Crippen LogP) is -3.47. The average molecular weight is 193 g/mol. The molecule has 7 heteroatoms. The summed E-state index contributed by atoms with van der Waals surface area (Å²) in [5.41, 5.74) is 2.35. The van der Waals surface area contributed by atoms with E-state index in [2.05, 4.69) is 10.3 Å². The van der Waals surface area contributed by atoms with Crippen LogP contribution in [0.1, 0.15) is 8.35 Å². The summed E-state index contributed by atoms with van der Waals surface area (Å²) in [4.78, 5) is 4.60. The summed E-state index contributed by atoms with van der Waals surface area (Å²) >= 11 is 0. The minimum atomic E-state index is -3.85. The largest absolute Gasteiger partial charge is 1.00 e. The van der Waals surface area contributed by atoms with Crippen molar-refractivity contribution in [3.8, 4) is 0 Å². The zero-order chi connectivity index (χ0) is 8.04. The molecule has 0 spiro atoms. The Morgan fingerprint density at radius 3 is 2.55 bits per heavy atom. The van der Waals surface area contributed by atoms with Gasteiger partial charge in [0, 0.05) is 6.54 Å². The minimum Gasteiger partial charge on any atom is -1.00 e. The summed E-state index contributed by atoms with van der Waals surface area (Å²) in [6.07, 6.45) is 0. The third-order valence-electron chi connectivity index (χ3n) is 0.708. The molecule has 0 heterocycles. The first-order valence-corrected chi connectivity index (χ1v) is 4.47. The van der Waals surface area contributed by atoms with Crippen molar-refractivity contribution in [2.75, 3.05) is 18.9 Å². The third kappa shape index (κ3) is 13.8. The van der Waals surface area contributed by atoms with Crippen LogP contribution in [0.4, 0.5) is 0 Å². The van der Waals surface area contributed by atoms with E-state index in [0.717, 1.165) is 0 Å². The van der Waals surface area contributed by atoms with E-state index in [9.17, 15) is 8.42 Å². The Labute approximate surface area is 90.0 Å². The van der Waals surface area contributed by atoms with Gasteiger partial charge in [0.05, 0.1) is 12.4 Å². The van der Waals surface area contributed by atoms with Crippen molar-refractivity contribution in [1.82, 2.24) is 5.48 Å². The Balaban J connectivity index is -0.000000405. The molecule has 0 aliphatic carbocycles. The molecule has 0 saturated carbocycles. The van der Waals surface area contributed by atoms with Gasteiger partial charge in [-0.1, -0.05) is 0 Å². The van der Waals surface area contributed by atoms with Crippen molar-refractivity contribution < 1.29 is 48.8 Å². The van der Waals surface area contributed by atoms with Crippen LogP contribution in [0.25, 0.3) is 0 Å². The summed E-state index contributed by atoms with van der Waals surface area (Å²) in [6, 6.07) is 0. The SMILES string of the molecule is CCONCCS(=O)(=O)O.[H-].[Na+]. The fourth-order valence-corrected chi connectivity index (χ4v) is 0.686. The Hall–Kier alpha value is 0.830. The van der Waals surface area contributed by atoms with E-state index in [1.807, 2.05) is 0 Å². The van der Waals surface area contributed by atoms with Crippen LogP contribution >= 0.6 is 0 Å². The van der Waals surface area contributed by atoms with Crippen LogP contribution in [0.3, 0.4) is 0 Å². The van der Waals surface area contributed by atoms with Crippen molar-refractivity contribution in [3.05, 3.63) is 0 Å². The smallest absolute Gasteiger partial charge is 1.00 e. The van der Waals surface area contributed by atoms with Gasteiger partial charge in [0.1, 0.15) is 0 Å². The molecule has 0 atom stereocenters. The van der Waals surface area contributed by atoms with Gasteiger partial charge < -0.3 is 6.26 Å². The summed E-state index contributed by atoms with van der Waals surface area (Å²) in [6.45, 7) is 2.33. The number of hydrogen-bond donors (Lipinski definition) is 2. The number of hydroxylamine groups is 1. The molecular formula is C4H12NNaO4S. The molecule has 0 aliphatic heterocycles. The molecule has 5 nitrogen and oxygen atoms in total. The van der Waals surface area contributed by atoms with Crippen LogP contribution in [0.15, 0.2) is 0 Å². The molecule has 11 heavy (non-hydrogen) atoms. The van der Waals surface area contributed by atoms with Gasteiger partial charge in [0.25, 0.3) is 10.1 Å². The molecule has 0 radical (unpaired) electrons. The summed E-state index contributed by atoms with van der Waals surface area (Å²) in [7, 11) is -3.85. The van der Waals surface area contributed by atoms with E-state index in [1.54, 1.807) is 6.92 Å². The summed E-state index contributed by atoms with van der Waals surface area (Å²) in [5.74, 6) is -0.326. The molecule has 0 aliphatic rings. The van der Waals surface area contributed by atoms with E-state index >= 15 is 0 Å². The molecule has 0 aromatic carbocycles. The van der Waals surface area contributed by atoms with Gasteiger partial charge in [-0.25, -0.2) is 5.48 Å². The number of nitrogens with one attached hydrogen (secondary N) is 1. The van der Waals surface area contributed by atoms with E-state index in [0.29, 0.717) is 6.61 Å². The second-order valence-electron chi connectivity index (χ2n) is 1.61. The first-order valence-electron chi connectivity index (χ1n) is 2.86. The Morgan fingerprint density at radius 1 is 1.64 bits per heavy atom. The van der Waals surface area contributed by atoms with Gasteiger partial charge in [-0.2, -0.15) is 8.42 Å². The Morgan fingerprint density at radius 2 is 2.18 bits per heavy atom. The van der Waals surface area contributed by atoms with Crippen LogP contribution in [-0.4, -0.2) is 31.9 Å². The fourth-order valence-electron chi connectivity index (χ4n) is 0.345. The topological polar surface area (TPSA) is 75.6 Å². The Kier molecular flexibility index (Phi) is 9.76. The summed E-state index contributed by atoms with van der Waals surface area (Å²) < 4.78 is 28.3. The molecular weight excluding hydrogens is 181 g/mol. The fraction of sp³-hybridized carbons (Fsp3) is 1.00. The van der Waals surface area contributed by atoms with Gasteiger partial charge in [0.15, 0.2) is 0 Å². The molecule has 0 aromatic heterocycles. The van der Waals surface area contributed by atoms with Gasteiger partial charge in [0.2, 0.25) is 0 Å². The maximum Gasteiger partial charge on any atom is 1.00 e. The Bertz CT molecular complexity index is 174. The molecule has 0 saturated heterocycles. The number of rotatable bonds is 5. The quantitative estimate of drug-likeness (QED) is 0.205. The monoisotopic (exact) mass is 193 g/mol. The molecule has 0 fully saturated rings.